The van der Waals surface area contributed by atoms with Crippen molar-refractivity contribution in [3.05, 3.63) is 0 Å². The molecule has 0 aromatic rings. The average molecular weight is 356 g/mol. The lowest BCUT2D eigenvalue weighted by molar-refractivity contribution is -0.121. The number of carbonyl (C=O) groups is 1. The molecule has 2 N–H and O–H groups in total. The first-order valence-electron chi connectivity index (χ1n) is 8.46. The Labute approximate surface area is 149 Å². The van der Waals surface area contributed by atoms with Gasteiger partial charge in [0.05, 0.1) is 0 Å². The maximum atomic E-state index is 11.8. The molecule has 0 spiro atoms. The molecular weight excluding hydrogens is 321 g/mol. The molecule has 1 fully saturated rings. The predicted molar refractivity (Wildman–Crippen MR) is 99.4 cm³/mol. The molecule has 4 nitrogen and oxygen atoms in total. The molecule has 0 saturated carbocycles. The van der Waals surface area contributed by atoms with Crippen LogP contribution in [0.5, 0.6) is 0 Å². The van der Waals surface area contributed by atoms with Crippen LogP contribution in [0.2, 0.25) is 0 Å². The second-order valence-electron chi connectivity index (χ2n) is 5.96. The third-order valence-corrected chi connectivity index (χ3v) is 3.94. The number of amides is 1. The van der Waals surface area contributed by atoms with E-state index >= 15 is 0 Å². The number of hydrogen-bond acceptors (Lipinski definition) is 3. The Morgan fingerprint density at radius 1 is 1.18 bits per heavy atom. The minimum absolute atomic E-state index is 0. The van der Waals surface area contributed by atoms with Crippen molar-refractivity contribution in [3.63, 3.8) is 0 Å². The molecule has 6 heteroatoms. The second kappa shape index (κ2) is 15.9. The third-order valence-electron chi connectivity index (χ3n) is 3.94. The van der Waals surface area contributed by atoms with Gasteiger partial charge >= 0.3 is 0 Å². The summed E-state index contributed by atoms with van der Waals surface area (Å²) in [4.78, 5) is 14.3. The highest BCUT2D eigenvalue weighted by molar-refractivity contribution is 5.85. The number of rotatable bonds is 10. The fourth-order valence-electron chi connectivity index (χ4n) is 2.88. The molecule has 0 bridgehead atoms. The van der Waals surface area contributed by atoms with E-state index in [1.165, 1.54) is 25.7 Å². The van der Waals surface area contributed by atoms with Crippen LogP contribution in [0.25, 0.3) is 0 Å². The SMILES string of the molecule is CCCN(CCC)CCCC(=O)NCC1CCCNC1.Cl.Cl. The molecule has 1 amide bonds. The van der Waals surface area contributed by atoms with Gasteiger partial charge in [0, 0.05) is 13.0 Å². The summed E-state index contributed by atoms with van der Waals surface area (Å²) in [6.45, 7) is 10.8. The summed E-state index contributed by atoms with van der Waals surface area (Å²) >= 11 is 0. The molecule has 1 atom stereocenters. The molecule has 1 aliphatic heterocycles. The second-order valence-corrected chi connectivity index (χ2v) is 5.96. The fourth-order valence-corrected chi connectivity index (χ4v) is 2.88. The largest absolute Gasteiger partial charge is 0.356 e. The lowest BCUT2D eigenvalue weighted by Crippen LogP contribution is -2.38. The van der Waals surface area contributed by atoms with Crippen LogP contribution in [0, 0.1) is 5.92 Å². The van der Waals surface area contributed by atoms with Crippen LogP contribution in [0.3, 0.4) is 0 Å². The Morgan fingerprint density at radius 2 is 1.86 bits per heavy atom. The van der Waals surface area contributed by atoms with Gasteiger partial charge in [-0.1, -0.05) is 13.8 Å². The molecular formula is C16H35Cl2N3O. The fraction of sp³-hybridized carbons (Fsp3) is 0.938. The van der Waals surface area contributed by atoms with Crippen molar-refractivity contribution in [2.75, 3.05) is 39.3 Å². The predicted octanol–water partition coefficient (Wildman–Crippen LogP) is 2.85. The van der Waals surface area contributed by atoms with Crippen LogP contribution in [0.4, 0.5) is 0 Å². The van der Waals surface area contributed by atoms with E-state index in [9.17, 15) is 4.79 Å². The Hall–Kier alpha value is -0.0300. The van der Waals surface area contributed by atoms with E-state index in [2.05, 4.69) is 29.4 Å². The van der Waals surface area contributed by atoms with Gasteiger partial charge < -0.3 is 15.5 Å². The molecule has 0 radical (unpaired) electrons. The topological polar surface area (TPSA) is 44.4 Å². The lowest BCUT2D eigenvalue weighted by Gasteiger charge is -2.23. The van der Waals surface area contributed by atoms with Gasteiger partial charge in [-0.2, -0.15) is 0 Å². The van der Waals surface area contributed by atoms with Crippen LogP contribution in [0.1, 0.15) is 52.4 Å². The van der Waals surface area contributed by atoms with Crippen molar-refractivity contribution in [1.82, 2.24) is 15.5 Å². The van der Waals surface area contributed by atoms with E-state index < -0.39 is 0 Å². The summed E-state index contributed by atoms with van der Waals surface area (Å²) in [6, 6.07) is 0. The zero-order valence-corrected chi connectivity index (χ0v) is 15.9. The van der Waals surface area contributed by atoms with Gasteiger partial charge in [0.15, 0.2) is 0 Å². The molecule has 1 aliphatic rings. The summed E-state index contributed by atoms with van der Waals surface area (Å²) in [5.74, 6) is 0.855. The van der Waals surface area contributed by atoms with Crippen LogP contribution in [-0.4, -0.2) is 50.1 Å². The summed E-state index contributed by atoms with van der Waals surface area (Å²) in [6.07, 6.45) is 6.53. The Bertz CT molecular complexity index is 256. The van der Waals surface area contributed by atoms with Crippen molar-refractivity contribution in [2.45, 2.75) is 52.4 Å². The number of halogens is 2. The van der Waals surface area contributed by atoms with Gasteiger partial charge in [0.1, 0.15) is 0 Å². The molecule has 1 unspecified atom stereocenters. The first kappa shape index (κ1) is 24.2. The minimum Gasteiger partial charge on any atom is -0.356 e. The summed E-state index contributed by atoms with van der Waals surface area (Å²) in [7, 11) is 0. The monoisotopic (exact) mass is 355 g/mol. The summed E-state index contributed by atoms with van der Waals surface area (Å²) in [5, 5.41) is 6.48. The zero-order chi connectivity index (χ0) is 14.6. The highest BCUT2D eigenvalue weighted by Gasteiger charge is 2.13. The van der Waals surface area contributed by atoms with Gasteiger partial charge in [0.2, 0.25) is 5.91 Å². The van der Waals surface area contributed by atoms with E-state index in [-0.39, 0.29) is 30.7 Å². The Kier molecular flexibility index (Phi) is 17.5. The van der Waals surface area contributed by atoms with Gasteiger partial charge in [-0.25, -0.2) is 0 Å². The van der Waals surface area contributed by atoms with E-state index in [1.54, 1.807) is 0 Å². The maximum absolute atomic E-state index is 11.8. The number of nitrogens with zero attached hydrogens (tertiary/aromatic N) is 1. The van der Waals surface area contributed by atoms with Crippen molar-refractivity contribution < 1.29 is 4.79 Å². The molecule has 0 aromatic carbocycles. The number of hydrogen-bond donors (Lipinski definition) is 2. The van der Waals surface area contributed by atoms with Crippen molar-refractivity contribution >= 4 is 30.7 Å². The van der Waals surface area contributed by atoms with Crippen LogP contribution in [0.15, 0.2) is 0 Å². The smallest absolute Gasteiger partial charge is 0.220 e. The molecule has 1 rings (SSSR count). The van der Waals surface area contributed by atoms with Gasteiger partial charge in [-0.3, -0.25) is 4.79 Å². The maximum Gasteiger partial charge on any atom is 0.220 e. The molecule has 0 aromatic heterocycles. The van der Waals surface area contributed by atoms with E-state index in [0.29, 0.717) is 12.3 Å². The van der Waals surface area contributed by atoms with Crippen molar-refractivity contribution in [3.8, 4) is 0 Å². The summed E-state index contributed by atoms with van der Waals surface area (Å²) < 4.78 is 0. The van der Waals surface area contributed by atoms with Gasteiger partial charge in [0.25, 0.3) is 0 Å². The van der Waals surface area contributed by atoms with Crippen LogP contribution >= 0.6 is 24.8 Å². The number of piperidine rings is 1. The van der Waals surface area contributed by atoms with E-state index in [1.807, 2.05) is 0 Å². The van der Waals surface area contributed by atoms with Crippen molar-refractivity contribution in [1.29, 1.82) is 0 Å². The highest BCUT2D eigenvalue weighted by atomic mass is 35.5. The van der Waals surface area contributed by atoms with Crippen LogP contribution in [-0.2, 0) is 4.79 Å². The molecule has 134 valence electrons. The first-order valence-corrected chi connectivity index (χ1v) is 8.46. The van der Waals surface area contributed by atoms with Gasteiger partial charge in [-0.15, -0.1) is 24.8 Å². The number of carbonyl (C=O) groups excluding carboxylic acids is 1. The number of nitrogens with one attached hydrogen (secondary N) is 2. The first-order chi connectivity index (χ1) is 9.76. The highest BCUT2D eigenvalue weighted by Crippen LogP contribution is 2.08. The van der Waals surface area contributed by atoms with Crippen LogP contribution < -0.4 is 10.6 Å². The standard InChI is InChI=1S/C16H33N3O.2ClH/c1-3-10-19(11-4-2)12-6-8-16(20)18-14-15-7-5-9-17-13-15;;/h15,17H,3-14H2,1-2H3,(H,18,20);2*1H. The Balaban J connectivity index is 0. The summed E-state index contributed by atoms with van der Waals surface area (Å²) in [5.41, 5.74) is 0. The van der Waals surface area contributed by atoms with Crippen molar-refractivity contribution in [2.24, 2.45) is 5.92 Å². The van der Waals surface area contributed by atoms with E-state index in [4.69, 9.17) is 0 Å². The Morgan fingerprint density at radius 3 is 2.41 bits per heavy atom. The normalized spacial score (nSPS) is 17.5. The quantitative estimate of drug-likeness (QED) is 0.633. The molecule has 22 heavy (non-hydrogen) atoms. The molecule has 1 heterocycles. The third kappa shape index (κ3) is 11.5. The van der Waals surface area contributed by atoms with Gasteiger partial charge in [-0.05, 0) is 70.7 Å². The minimum atomic E-state index is 0. The molecule has 1 saturated heterocycles. The average Bonchev–Trinajstić information content (AvgIpc) is 2.47. The molecule has 0 aliphatic carbocycles. The van der Waals surface area contributed by atoms with E-state index in [0.717, 1.165) is 45.7 Å². The zero-order valence-electron chi connectivity index (χ0n) is 14.2. The lowest BCUT2D eigenvalue weighted by atomic mass is 10.00.